The second kappa shape index (κ2) is 7.67. The van der Waals surface area contributed by atoms with Gasteiger partial charge in [-0.15, -0.1) is 0 Å². The van der Waals surface area contributed by atoms with E-state index in [1.165, 1.54) is 30.3 Å². The van der Waals surface area contributed by atoms with Gasteiger partial charge in [-0.25, -0.2) is 21.2 Å². The molecule has 0 saturated carbocycles. The first-order chi connectivity index (χ1) is 14.6. The summed E-state index contributed by atoms with van der Waals surface area (Å²) in [7, 11) is -8.10. The maximum Gasteiger partial charge on any atom is 0.314 e. The van der Waals surface area contributed by atoms with Gasteiger partial charge in [-0.1, -0.05) is 12.1 Å². The van der Waals surface area contributed by atoms with Gasteiger partial charge in [0.05, 0.1) is 15.9 Å². The van der Waals surface area contributed by atoms with Crippen LogP contribution in [-0.4, -0.2) is 61.6 Å². The first-order valence-electron chi connectivity index (χ1n) is 9.12. The summed E-state index contributed by atoms with van der Waals surface area (Å²) in [6, 6.07) is 8.87. The fourth-order valence-electron chi connectivity index (χ4n) is 3.35. The monoisotopic (exact) mass is 468 g/mol. The minimum atomic E-state index is -4.10. The fraction of sp³-hybridized carbons (Fsp3) is 0.222. The molecule has 164 valence electrons. The van der Waals surface area contributed by atoms with Gasteiger partial charge < -0.3 is 9.97 Å². The SMILES string of the molecule is O=c1[nH]c2ccc(S(=O)(=O)N3CCN(S(=O)(=O)c4ccccc4F)CC3)cc2[nH]c1=O. The van der Waals surface area contributed by atoms with Gasteiger partial charge in [0.2, 0.25) is 20.0 Å². The third-order valence-electron chi connectivity index (χ3n) is 4.98. The van der Waals surface area contributed by atoms with Gasteiger partial charge in [-0.05, 0) is 30.3 Å². The highest BCUT2D eigenvalue weighted by Gasteiger charge is 2.34. The predicted octanol–water partition coefficient (Wildman–Crippen LogP) is 0.0507. The van der Waals surface area contributed by atoms with Crippen LogP contribution in [0.5, 0.6) is 0 Å². The lowest BCUT2D eigenvalue weighted by atomic mass is 10.3. The van der Waals surface area contributed by atoms with Crippen molar-refractivity contribution in [1.29, 1.82) is 0 Å². The van der Waals surface area contributed by atoms with Crippen LogP contribution in [-0.2, 0) is 20.0 Å². The molecular weight excluding hydrogens is 451 g/mol. The van der Waals surface area contributed by atoms with Crippen LogP contribution in [0, 0.1) is 5.82 Å². The van der Waals surface area contributed by atoms with Gasteiger partial charge in [-0.3, -0.25) is 9.59 Å². The Bertz CT molecular complexity index is 1490. The summed E-state index contributed by atoms with van der Waals surface area (Å²) in [6.07, 6.45) is 0. The number of aromatic nitrogens is 2. The highest BCUT2D eigenvalue weighted by molar-refractivity contribution is 7.89. The second-order valence-electron chi connectivity index (χ2n) is 6.85. The third-order valence-corrected chi connectivity index (χ3v) is 8.81. The van der Waals surface area contributed by atoms with Gasteiger partial charge >= 0.3 is 11.1 Å². The fourth-order valence-corrected chi connectivity index (χ4v) is 6.28. The Morgan fingerprint density at radius 1 is 0.742 bits per heavy atom. The van der Waals surface area contributed by atoms with E-state index in [1.807, 2.05) is 0 Å². The number of rotatable bonds is 4. The number of sulfonamides is 2. The van der Waals surface area contributed by atoms with Gasteiger partial charge in [0.1, 0.15) is 10.7 Å². The molecule has 4 rings (SSSR count). The maximum atomic E-state index is 13.9. The number of nitrogens with one attached hydrogen (secondary N) is 2. The zero-order chi connectivity index (χ0) is 22.4. The summed E-state index contributed by atoms with van der Waals surface area (Å²) in [5.74, 6) is -0.874. The maximum absolute atomic E-state index is 13.9. The average Bonchev–Trinajstić information content (AvgIpc) is 2.74. The summed E-state index contributed by atoms with van der Waals surface area (Å²) in [5, 5.41) is 0. The Labute approximate surface area is 176 Å². The van der Waals surface area contributed by atoms with E-state index >= 15 is 0 Å². The minimum absolute atomic E-state index is 0.117. The van der Waals surface area contributed by atoms with Crippen molar-refractivity contribution in [3.05, 3.63) is 69.0 Å². The number of benzene rings is 2. The number of halogens is 1. The molecule has 10 nitrogen and oxygen atoms in total. The van der Waals surface area contributed by atoms with Crippen molar-refractivity contribution < 1.29 is 21.2 Å². The normalized spacial score (nSPS) is 16.5. The van der Waals surface area contributed by atoms with E-state index in [2.05, 4.69) is 9.97 Å². The Hall–Kier alpha value is -2.87. The highest BCUT2D eigenvalue weighted by Crippen LogP contribution is 2.24. The lowest BCUT2D eigenvalue weighted by Crippen LogP contribution is -2.50. The molecule has 0 radical (unpaired) electrons. The number of aromatic amines is 2. The molecule has 0 aliphatic carbocycles. The molecule has 31 heavy (non-hydrogen) atoms. The molecule has 1 aliphatic heterocycles. The second-order valence-corrected chi connectivity index (χ2v) is 10.7. The quantitative estimate of drug-likeness (QED) is 0.519. The number of nitrogens with zero attached hydrogens (tertiary/aromatic N) is 2. The number of piperazine rings is 1. The van der Waals surface area contributed by atoms with E-state index < -0.39 is 41.9 Å². The van der Waals surface area contributed by atoms with Crippen molar-refractivity contribution in [3.63, 3.8) is 0 Å². The molecule has 1 aliphatic rings. The topological polar surface area (TPSA) is 140 Å². The smallest absolute Gasteiger partial charge is 0.314 e. The van der Waals surface area contributed by atoms with Crippen molar-refractivity contribution in [2.75, 3.05) is 26.2 Å². The highest BCUT2D eigenvalue weighted by atomic mass is 32.2. The Balaban J connectivity index is 1.57. The van der Waals surface area contributed by atoms with Crippen LogP contribution in [0.1, 0.15) is 0 Å². The molecule has 1 fully saturated rings. The Kier molecular flexibility index (Phi) is 5.29. The average molecular weight is 468 g/mol. The van der Waals surface area contributed by atoms with Gasteiger partial charge in [0, 0.05) is 26.2 Å². The summed E-state index contributed by atoms with van der Waals surface area (Å²) >= 11 is 0. The van der Waals surface area contributed by atoms with Gasteiger partial charge in [0.15, 0.2) is 0 Å². The molecule has 13 heteroatoms. The van der Waals surface area contributed by atoms with E-state index in [9.17, 15) is 30.8 Å². The lowest BCUT2D eigenvalue weighted by molar-refractivity contribution is 0.272. The standard InChI is InChI=1S/C18H17FN4O6S2/c19-13-3-1-2-4-16(13)31(28,29)23-9-7-22(8-10-23)30(26,27)12-5-6-14-15(11-12)21-18(25)17(24)20-14/h1-6,11H,7-10H2,(H,20,24)(H,21,25). The summed E-state index contributed by atoms with van der Waals surface area (Å²) in [6.45, 7) is -0.548. The molecule has 0 unspecified atom stereocenters. The van der Waals surface area contributed by atoms with Crippen molar-refractivity contribution >= 4 is 31.1 Å². The molecule has 2 aromatic carbocycles. The molecule has 0 bridgehead atoms. The minimum Gasteiger partial charge on any atom is -0.316 e. The van der Waals surface area contributed by atoms with Crippen LogP contribution in [0.4, 0.5) is 4.39 Å². The summed E-state index contributed by atoms with van der Waals surface area (Å²) in [5.41, 5.74) is -1.35. The number of hydrogen-bond acceptors (Lipinski definition) is 6. The molecule has 1 aromatic heterocycles. The molecule has 2 N–H and O–H groups in total. The lowest BCUT2D eigenvalue weighted by Gasteiger charge is -2.33. The van der Waals surface area contributed by atoms with Gasteiger partial charge in [0.25, 0.3) is 0 Å². The molecular formula is C18H17FN4O6S2. The van der Waals surface area contributed by atoms with E-state index in [0.717, 1.165) is 20.7 Å². The largest absolute Gasteiger partial charge is 0.316 e. The van der Waals surface area contributed by atoms with Gasteiger partial charge in [-0.2, -0.15) is 8.61 Å². The van der Waals surface area contributed by atoms with Crippen molar-refractivity contribution in [3.8, 4) is 0 Å². The zero-order valence-electron chi connectivity index (χ0n) is 15.9. The summed E-state index contributed by atoms with van der Waals surface area (Å²) in [4.78, 5) is 27.0. The summed E-state index contributed by atoms with van der Waals surface area (Å²) < 4.78 is 67.5. The number of H-pyrrole nitrogens is 2. The van der Waals surface area contributed by atoms with E-state index in [1.54, 1.807) is 0 Å². The van der Waals surface area contributed by atoms with Crippen LogP contribution in [0.25, 0.3) is 11.0 Å². The van der Waals surface area contributed by atoms with Crippen LogP contribution < -0.4 is 11.1 Å². The van der Waals surface area contributed by atoms with Crippen LogP contribution in [0.2, 0.25) is 0 Å². The third kappa shape index (κ3) is 3.80. The molecule has 0 amide bonds. The van der Waals surface area contributed by atoms with Crippen LogP contribution in [0.3, 0.4) is 0 Å². The van der Waals surface area contributed by atoms with Crippen LogP contribution in [0.15, 0.2) is 61.8 Å². The van der Waals surface area contributed by atoms with E-state index in [4.69, 9.17) is 0 Å². The molecule has 0 spiro atoms. The molecule has 0 atom stereocenters. The van der Waals surface area contributed by atoms with E-state index in [0.29, 0.717) is 0 Å². The molecule has 3 aromatic rings. The molecule has 2 heterocycles. The predicted molar refractivity (Wildman–Crippen MR) is 109 cm³/mol. The molecule has 1 saturated heterocycles. The number of hydrogen-bond donors (Lipinski definition) is 2. The van der Waals surface area contributed by atoms with Crippen LogP contribution >= 0.6 is 0 Å². The first-order valence-corrected chi connectivity index (χ1v) is 12.0. The Morgan fingerprint density at radius 3 is 1.90 bits per heavy atom. The Morgan fingerprint density at radius 2 is 1.29 bits per heavy atom. The first kappa shape index (κ1) is 21.4. The van der Waals surface area contributed by atoms with Crippen molar-refractivity contribution in [1.82, 2.24) is 18.6 Å². The van der Waals surface area contributed by atoms with Crippen molar-refractivity contribution in [2.45, 2.75) is 9.79 Å². The van der Waals surface area contributed by atoms with Crippen molar-refractivity contribution in [2.24, 2.45) is 0 Å². The number of fused-ring (bicyclic) bond motifs is 1. The van der Waals surface area contributed by atoms with E-state index in [-0.39, 0.29) is 42.1 Å². The zero-order valence-corrected chi connectivity index (χ0v) is 17.5.